The van der Waals surface area contributed by atoms with Crippen LogP contribution >= 0.6 is 8.58 Å². The van der Waals surface area contributed by atoms with Gasteiger partial charge in [-0.3, -0.25) is 4.55 Å². The summed E-state index contributed by atoms with van der Waals surface area (Å²) in [6.07, 6.45) is 0.819. The van der Waals surface area contributed by atoms with Crippen LogP contribution in [-0.4, -0.2) is 24.6 Å². The monoisotopic (exact) mass is 156 g/mol. The van der Waals surface area contributed by atoms with Gasteiger partial charge in [0.05, 0.1) is 5.49 Å². The van der Waals surface area contributed by atoms with Crippen molar-refractivity contribution < 1.29 is 13.0 Å². The fraction of sp³-hybridized carbons (Fsp3) is 1.00. The molecule has 1 unspecified atom stereocenters. The Labute approximate surface area is 51.0 Å². The highest BCUT2D eigenvalue weighted by Gasteiger charge is 1.99. The van der Waals surface area contributed by atoms with E-state index in [1.807, 2.05) is 6.92 Å². The molecular formula is C3H9O3PS. The molecule has 5 heteroatoms. The average molecular weight is 156 g/mol. The Morgan fingerprint density at radius 1 is 1.62 bits per heavy atom. The third-order valence-electron chi connectivity index (χ3n) is 0.534. The highest BCUT2D eigenvalue weighted by Crippen LogP contribution is 2.09. The van der Waals surface area contributed by atoms with Gasteiger partial charge >= 0.3 is 0 Å². The molecule has 1 N–H and O–H groups in total. The van der Waals surface area contributed by atoms with Crippen molar-refractivity contribution >= 4 is 18.7 Å². The van der Waals surface area contributed by atoms with Crippen LogP contribution in [0.2, 0.25) is 0 Å². The molecule has 0 saturated heterocycles. The molecule has 8 heavy (non-hydrogen) atoms. The summed E-state index contributed by atoms with van der Waals surface area (Å²) < 4.78 is 28.0. The van der Waals surface area contributed by atoms with E-state index < -0.39 is 10.1 Å². The molecule has 0 aromatic rings. The van der Waals surface area contributed by atoms with Crippen LogP contribution in [0.25, 0.3) is 0 Å². The zero-order chi connectivity index (χ0) is 6.62. The van der Waals surface area contributed by atoms with Crippen molar-refractivity contribution in [2.24, 2.45) is 0 Å². The second kappa shape index (κ2) is 3.38. The maximum atomic E-state index is 9.95. The summed E-state index contributed by atoms with van der Waals surface area (Å²) in [5.74, 6) is 0. The minimum Gasteiger partial charge on any atom is -0.285 e. The fourth-order valence-electron chi connectivity index (χ4n) is 0.231. The molecule has 0 bridgehead atoms. The van der Waals surface area contributed by atoms with Gasteiger partial charge in [0.2, 0.25) is 0 Å². The van der Waals surface area contributed by atoms with Crippen LogP contribution in [-0.2, 0) is 10.1 Å². The number of hydrogen-bond acceptors (Lipinski definition) is 2. The van der Waals surface area contributed by atoms with Crippen LogP contribution < -0.4 is 0 Å². The molecule has 0 fully saturated rings. The van der Waals surface area contributed by atoms with Crippen LogP contribution in [0, 0.1) is 0 Å². The minimum absolute atomic E-state index is 0.0799. The van der Waals surface area contributed by atoms with Gasteiger partial charge in [0.25, 0.3) is 10.1 Å². The largest absolute Gasteiger partial charge is 0.285 e. The second-order valence-electron chi connectivity index (χ2n) is 1.33. The summed E-state index contributed by atoms with van der Waals surface area (Å²) in [6.45, 7) is 1.88. The lowest BCUT2D eigenvalue weighted by molar-refractivity contribution is 0.489. The molecule has 0 aliphatic carbocycles. The summed E-state index contributed by atoms with van der Waals surface area (Å²) in [6, 6.07) is 0. The first-order valence-electron chi connectivity index (χ1n) is 2.22. The highest BCUT2D eigenvalue weighted by atomic mass is 32.2. The number of hydrogen-bond donors (Lipinski definition) is 1. The molecule has 0 aliphatic rings. The summed E-state index contributed by atoms with van der Waals surface area (Å²) in [5.41, 5.74) is -0.0799. The van der Waals surface area contributed by atoms with Gasteiger partial charge in [-0.1, -0.05) is 6.92 Å². The normalized spacial score (nSPS) is 13.2. The zero-order valence-electron chi connectivity index (χ0n) is 4.59. The Hall–Kier alpha value is 0.340. The molecule has 3 nitrogen and oxygen atoms in total. The molecule has 1 atom stereocenters. The molecule has 0 saturated carbocycles. The molecule has 0 heterocycles. The van der Waals surface area contributed by atoms with E-state index >= 15 is 0 Å². The molecule has 0 rings (SSSR count). The van der Waals surface area contributed by atoms with Gasteiger partial charge in [-0.2, -0.15) is 8.42 Å². The number of rotatable bonds is 3. The van der Waals surface area contributed by atoms with Crippen molar-refractivity contribution in [3.05, 3.63) is 0 Å². The smallest absolute Gasteiger partial charge is 0.268 e. The van der Waals surface area contributed by atoms with Crippen molar-refractivity contribution in [2.45, 2.75) is 6.92 Å². The van der Waals surface area contributed by atoms with E-state index in [0.29, 0.717) is 8.58 Å². The van der Waals surface area contributed by atoms with Crippen LogP contribution in [0.5, 0.6) is 0 Å². The quantitative estimate of drug-likeness (QED) is 0.479. The van der Waals surface area contributed by atoms with Gasteiger partial charge in [-0.15, -0.1) is 8.58 Å². The second-order valence-corrected chi connectivity index (χ2v) is 4.86. The zero-order valence-corrected chi connectivity index (χ0v) is 6.40. The van der Waals surface area contributed by atoms with Crippen molar-refractivity contribution in [1.29, 1.82) is 0 Å². The van der Waals surface area contributed by atoms with E-state index in [4.69, 9.17) is 4.55 Å². The van der Waals surface area contributed by atoms with Gasteiger partial charge < -0.3 is 0 Å². The first-order valence-corrected chi connectivity index (χ1v) is 5.24. The Morgan fingerprint density at radius 3 is 2.25 bits per heavy atom. The summed E-state index contributed by atoms with van der Waals surface area (Å²) in [5, 5.41) is 0. The van der Waals surface area contributed by atoms with Crippen molar-refractivity contribution in [3.8, 4) is 0 Å². The maximum absolute atomic E-state index is 9.95. The van der Waals surface area contributed by atoms with Gasteiger partial charge in [0.15, 0.2) is 0 Å². The summed E-state index contributed by atoms with van der Waals surface area (Å²) >= 11 is 0. The van der Waals surface area contributed by atoms with Gasteiger partial charge in [0, 0.05) is 0 Å². The fourth-order valence-corrected chi connectivity index (χ4v) is 2.08. The lowest BCUT2D eigenvalue weighted by Gasteiger charge is -1.90. The van der Waals surface area contributed by atoms with Crippen LogP contribution in [0.15, 0.2) is 0 Å². The SMILES string of the molecule is CCPCS(=O)(=O)O. The predicted octanol–water partition coefficient (Wildman–Crippen LogP) is 0.530. The molecule has 0 aliphatic heterocycles. The van der Waals surface area contributed by atoms with E-state index in [9.17, 15) is 8.42 Å². The summed E-state index contributed by atoms with van der Waals surface area (Å²) in [7, 11) is -3.35. The van der Waals surface area contributed by atoms with Gasteiger partial charge in [-0.05, 0) is 6.16 Å². The molecular weight excluding hydrogens is 147 g/mol. The van der Waals surface area contributed by atoms with Crippen molar-refractivity contribution in [1.82, 2.24) is 0 Å². The Kier molecular flexibility index (Phi) is 3.53. The Bertz CT molecular complexity index is 139. The predicted molar refractivity (Wildman–Crippen MR) is 35.3 cm³/mol. The van der Waals surface area contributed by atoms with Crippen LogP contribution in [0.1, 0.15) is 6.92 Å². The van der Waals surface area contributed by atoms with Crippen molar-refractivity contribution in [3.63, 3.8) is 0 Å². The Balaban J connectivity index is 3.42. The first-order chi connectivity index (χ1) is 3.56. The molecule has 0 aromatic heterocycles. The Morgan fingerprint density at radius 2 is 2.12 bits per heavy atom. The first kappa shape index (κ1) is 8.34. The van der Waals surface area contributed by atoms with E-state index in [2.05, 4.69) is 0 Å². The third kappa shape index (κ3) is 6.34. The molecule has 50 valence electrons. The topological polar surface area (TPSA) is 54.4 Å². The maximum Gasteiger partial charge on any atom is 0.268 e. The molecule has 0 aromatic carbocycles. The van der Waals surface area contributed by atoms with Crippen LogP contribution in [0.4, 0.5) is 0 Å². The minimum atomic E-state index is -3.67. The van der Waals surface area contributed by atoms with E-state index in [-0.39, 0.29) is 5.49 Å². The van der Waals surface area contributed by atoms with Gasteiger partial charge in [0.1, 0.15) is 0 Å². The molecule has 0 spiro atoms. The van der Waals surface area contributed by atoms with Crippen molar-refractivity contribution in [2.75, 3.05) is 11.7 Å². The lowest BCUT2D eigenvalue weighted by atomic mass is 11.0. The van der Waals surface area contributed by atoms with E-state index in [0.717, 1.165) is 6.16 Å². The summed E-state index contributed by atoms with van der Waals surface area (Å²) in [4.78, 5) is 0. The third-order valence-corrected chi connectivity index (χ3v) is 3.31. The van der Waals surface area contributed by atoms with E-state index in [1.54, 1.807) is 0 Å². The van der Waals surface area contributed by atoms with Gasteiger partial charge in [-0.25, -0.2) is 0 Å². The average Bonchev–Trinajstić information content (AvgIpc) is 1.59. The molecule has 0 radical (unpaired) electrons. The van der Waals surface area contributed by atoms with E-state index in [1.165, 1.54) is 0 Å². The highest BCUT2D eigenvalue weighted by molar-refractivity contribution is 7.91. The molecule has 0 amide bonds. The lowest BCUT2D eigenvalue weighted by Crippen LogP contribution is -1.98. The standard InChI is InChI=1S/C3H9O3PS/c1-2-7-3-8(4,5)6/h7H,2-3H2,1H3,(H,4,5,6). The van der Waals surface area contributed by atoms with Crippen LogP contribution in [0.3, 0.4) is 0 Å².